The first-order valence-corrected chi connectivity index (χ1v) is 14.6. The maximum absolute atomic E-state index is 13.7. The van der Waals surface area contributed by atoms with Gasteiger partial charge in [-0.15, -0.1) is 0 Å². The van der Waals surface area contributed by atoms with Gasteiger partial charge >= 0.3 is 5.97 Å². The molecule has 0 aromatic heterocycles. The Morgan fingerprint density at radius 3 is 2.43 bits per heavy atom. The molecule has 0 aromatic rings. The molecule has 3 rings (SSSR count). The smallest absolute Gasteiger partial charge is 0.328 e. The minimum Gasteiger partial charge on any atom is -0.464 e. The lowest BCUT2D eigenvalue weighted by Crippen LogP contribution is -2.57. The molecule has 2 N–H and O–H groups in total. The summed E-state index contributed by atoms with van der Waals surface area (Å²) < 4.78 is 20.0. The Hall–Kier alpha value is -2.54. The summed E-state index contributed by atoms with van der Waals surface area (Å²) in [5.74, 6) is -1.41. The van der Waals surface area contributed by atoms with E-state index in [1.165, 1.54) is 16.1 Å². The van der Waals surface area contributed by atoms with E-state index in [0.717, 1.165) is 19.3 Å². The van der Waals surface area contributed by atoms with Crippen molar-refractivity contribution < 1.29 is 32.9 Å². The van der Waals surface area contributed by atoms with Crippen LogP contribution in [0.2, 0.25) is 0 Å². The second-order valence-electron chi connectivity index (χ2n) is 10.2. The zero-order valence-electron chi connectivity index (χ0n) is 21.8. The van der Waals surface area contributed by atoms with E-state index in [1.54, 1.807) is 4.90 Å². The minimum atomic E-state index is -1.33. The van der Waals surface area contributed by atoms with Gasteiger partial charge in [0, 0.05) is 38.0 Å². The number of hydrogen-bond acceptors (Lipinski definition) is 7. The van der Waals surface area contributed by atoms with Crippen LogP contribution in [0.4, 0.5) is 0 Å². The van der Waals surface area contributed by atoms with Gasteiger partial charge in [-0.1, -0.05) is 0 Å². The number of ether oxygens (including phenoxy) is 1. The highest BCUT2D eigenvalue weighted by atomic mass is 32.2. The van der Waals surface area contributed by atoms with Crippen molar-refractivity contribution in [2.75, 3.05) is 32.5 Å². The highest BCUT2D eigenvalue weighted by Crippen LogP contribution is 2.26. The van der Waals surface area contributed by atoms with Gasteiger partial charge in [-0.3, -0.25) is 19.2 Å². The van der Waals surface area contributed by atoms with E-state index in [0.29, 0.717) is 32.3 Å². The predicted octanol–water partition coefficient (Wildman–Crippen LogP) is -0.701. The van der Waals surface area contributed by atoms with Gasteiger partial charge < -0.3 is 24.8 Å². The van der Waals surface area contributed by atoms with Crippen molar-refractivity contribution in [3.63, 3.8) is 0 Å². The zero-order valence-corrected chi connectivity index (χ0v) is 22.7. The van der Waals surface area contributed by atoms with E-state index in [9.17, 15) is 28.2 Å². The number of nitrogens with zero attached hydrogens (tertiary/aromatic N) is 3. The Morgan fingerprint density at radius 1 is 1.03 bits per heavy atom. The normalized spacial score (nSPS) is 26.8. The number of carbonyl (C=O) groups excluding carboxylic acids is 5. The number of likely N-dealkylation sites (tertiary alicyclic amines) is 3. The fourth-order valence-electron chi connectivity index (χ4n) is 5.35. The van der Waals surface area contributed by atoms with Crippen molar-refractivity contribution in [1.82, 2.24) is 24.7 Å². The van der Waals surface area contributed by atoms with E-state index in [1.807, 2.05) is 13.8 Å². The van der Waals surface area contributed by atoms with E-state index in [2.05, 4.69) is 10.0 Å². The molecule has 0 bridgehead atoms. The molecule has 13 heteroatoms. The molecule has 4 amide bonds. The van der Waals surface area contributed by atoms with Crippen LogP contribution in [0.25, 0.3) is 0 Å². The number of hydrogen-bond donors (Lipinski definition) is 2. The molecular weight excluding hydrogens is 502 g/mol. The van der Waals surface area contributed by atoms with Crippen molar-refractivity contribution in [1.29, 1.82) is 0 Å². The highest BCUT2D eigenvalue weighted by Gasteiger charge is 2.44. The molecule has 3 fully saturated rings. The van der Waals surface area contributed by atoms with Crippen LogP contribution in [-0.2, 0) is 39.7 Å². The van der Waals surface area contributed by atoms with Gasteiger partial charge in [0.2, 0.25) is 24.1 Å². The Kier molecular flexibility index (Phi) is 10.4. The molecule has 0 aromatic carbocycles. The first kappa shape index (κ1) is 29.0. The van der Waals surface area contributed by atoms with Crippen molar-refractivity contribution in [2.24, 2.45) is 0 Å². The molecule has 0 saturated carbocycles. The molecule has 12 nitrogen and oxygen atoms in total. The summed E-state index contributed by atoms with van der Waals surface area (Å²) in [6.45, 7) is 4.67. The summed E-state index contributed by atoms with van der Waals surface area (Å²) in [6, 6.07) is -2.44. The lowest BCUT2D eigenvalue weighted by molar-refractivity contribution is -0.153. The fourth-order valence-corrected chi connectivity index (χ4v) is 5.99. The SMILES string of the molecule is CC(C)NC(=O)C1CCCCN1C(=O)C1CC(NS(C)=O)CN1C(=O)CCOC(=O)C1CCCN1C=O. The van der Waals surface area contributed by atoms with Crippen LogP contribution in [0.5, 0.6) is 0 Å². The maximum atomic E-state index is 13.7. The van der Waals surface area contributed by atoms with Gasteiger partial charge in [0.25, 0.3) is 0 Å². The van der Waals surface area contributed by atoms with Crippen LogP contribution in [-0.4, -0.2) is 112 Å². The largest absolute Gasteiger partial charge is 0.464 e. The molecule has 0 radical (unpaired) electrons. The number of carbonyl (C=O) groups is 5. The lowest BCUT2D eigenvalue weighted by Gasteiger charge is -2.38. The number of amides is 4. The molecule has 3 heterocycles. The molecule has 3 aliphatic rings. The summed E-state index contributed by atoms with van der Waals surface area (Å²) in [6.07, 6.45) is 5.67. The molecule has 3 saturated heterocycles. The third-order valence-electron chi connectivity index (χ3n) is 7.02. The number of piperidine rings is 1. The first-order chi connectivity index (χ1) is 17.6. The van der Waals surface area contributed by atoms with Crippen LogP contribution < -0.4 is 10.0 Å². The molecular formula is C24H39N5O7S. The van der Waals surface area contributed by atoms with E-state index >= 15 is 0 Å². The summed E-state index contributed by atoms with van der Waals surface area (Å²) >= 11 is 0. The van der Waals surface area contributed by atoms with Crippen molar-refractivity contribution >= 4 is 41.1 Å². The molecule has 5 unspecified atom stereocenters. The van der Waals surface area contributed by atoms with Gasteiger partial charge in [0.15, 0.2) is 0 Å². The summed E-state index contributed by atoms with van der Waals surface area (Å²) in [5.41, 5.74) is 0. The second-order valence-corrected chi connectivity index (χ2v) is 11.3. The van der Waals surface area contributed by atoms with Gasteiger partial charge in [0.05, 0.1) is 17.4 Å². The van der Waals surface area contributed by atoms with Gasteiger partial charge in [0.1, 0.15) is 24.7 Å². The van der Waals surface area contributed by atoms with Gasteiger partial charge in [-0.2, -0.15) is 0 Å². The topological polar surface area (TPSA) is 145 Å². The minimum absolute atomic E-state index is 0.0606. The zero-order chi connectivity index (χ0) is 27.1. The third kappa shape index (κ3) is 7.50. The van der Waals surface area contributed by atoms with Crippen molar-refractivity contribution in [3.05, 3.63) is 0 Å². The monoisotopic (exact) mass is 541 g/mol. The van der Waals surface area contributed by atoms with E-state index in [-0.39, 0.29) is 55.8 Å². The summed E-state index contributed by atoms with van der Waals surface area (Å²) in [7, 11) is -1.33. The molecule has 0 aliphatic carbocycles. The Labute approximate surface area is 220 Å². The molecule has 208 valence electrons. The maximum Gasteiger partial charge on any atom is 0.328 e. The van der Waals surface area contributed by atoms with Crippen molar-refractivity contribution in [3.8, 4) is 0 Å². The van der Waals surface area contributed by atoms with Crippen LogP contribution in [0, 0.1) is 0 Å². The third-order valence-corrected chi connectivity index (χ3v) is 7.69. The Bertz CT molecular complexity index is 901. The number of rotatable bonds is 10. The predicted molar refractivity (Wildman–Crippen MR) is 135 cm³/mol. The average Bonchev–Trinajstić information content (AvgIpc) is 3.50. The van der Waals surface area contributed by atoms with Crippen molar-refractivity contribution in [2.45, 2.75) is 89.0 Å². The fraction of sp³-hybridized carbons (Fsp3) is 0.792. The first-order valence-electron chi connectivity index (χ1n) is 13.0. The van der Waals surface area contributed by atoms with E-state index < -0.39 is 35.1 Å². The lowest BCUT2D eigenvalue weighted by atomic mass is 9.99. The average molecular weight is 542 g/mol. The molecule has 5 atom stereocenters. The number of esters is 1. The molecule has 37 heavy (non-hydrogen) atoms. The number of nitrogens with one attached hydrogen (secondary N) is 2. The standard InChI is InChI=1S/C24H39N5O7S/c1-16(2)25-22(32)18-7-4-5-11-28(18)23(33)20-13-17(26-37(3)35)14-29(20)21(31)9-12-36-24(34)19-8-6-10-27(19)15-30/h15-20,26H,4-14H2,1-3H3,(H,25,32). The van der Waals surface area contributed by atoms with Crippen LogP contribution in [0.1, 0.15) is 58.8 Å². The highest BCUT2D eigenvalue weighted by molar-refractivity contribution is 7.82. The summed E-state index contributed by atoms with van der Waals surface area (Å²) in [5, 5.41) is 2.89. The van der Waals surface area contributed by atoms with Crippen LogP contribution in [0.3, 0.4) is 0 Å². The Morgan fingerprint density at radius 2 is 1.76 bits per heavy atom. The van der Waals surface area contributed by atoms with Crippen LogP contribution in [0.15, 0.2) is 0 Å². The van der Waals surface area contributed by atoms with Gasteiger partial charge in [-0.05, 0) is 52.4 Å². The van der Waals surface area contributed by atoms with Gasteiger partial charge in [-0.25, -0.2) is 13.7 Å². The molecule has 0 spiro atoms. The summed E-state index contributed by atoms with van der Waals surface area (Å²) in [4.78, 5) is 67.6. The molecule has 3 aliphatic heterocycles. The quantitative estimate of drug-likeness (QED) is 0.275. The Balaban J connectivity index is 1.66. The van der Waals surface area contributed by atoms with Crippen LogP contribution >= 0.6 is 0 Å². The van der Waals surface area contributed by atoms with E-state index in [4.69, 9.17) is 4.74 Å². The second kappa shape index (κ2) is 13.3.